The molecule has 4 rings (SSSR count). The van der Waals surface area contributed by atoms with Crippen LogP contribution in [0, 0.1) is 0 Å². The molecule has 0 bridgehead atoms. The number of allylic oxidation sites excluding steroid dienone is 2. The van der Waals surface area contributed by atoms with E-state index in [1.165, 1.54) is 41.3 Å². The molecule has 2 nitrogen and oxygen atoms in total. The monoisotopic (exact) mass is 473 g/mol. The van der Waals surface area contributed by atoms with Gasteiger partial charge in [0.05, 0.1) is 10.3 Å². The zero-order chi connectivity index (χ0) is 20.5. The number of hydrogen-bond acceptors (Lipinski definition) is 3. The average Bonchev–Trinajstić information content (AvgIpc) is 3.23. The van der Waals surface area contributed by atoms with Gasteiger partial charge in [-0.05, 0) is 75.8 Å². The summed E-state index contributed by atoms with van der Waals surface area (Å²) in [4.78, 5) is 2.62. The molecule has 2 saturated carbocycles. The molecule has 162 valence electrons. The molecule has 0 aromatic carbocycles. The van der Waals surface area contributed by atoms with Crippen LogP contribution in [-0.4, -0.2) is 60.9 Å². The lowest BCUT2D eigenvalue weighted by atomic mass is 9.93. The lowest BCUT2D eigenvalue weighted by Crippen LogP contribution is -2.39. The van der Waals surface area contributed by atoms with Crippen molar-refractivity contribution in [3.05, 3.63) is 22.8 Å². The van der Waals surface area contributed by atoms with Crippen LogP contribution in [0.15, 0.2) is 22.8 Å². The highest BCUT2D eigenvalue weighted by atomic mass is 35.5. The summed E-state index contributed by atoms with van der Waals surface area (Å²) in [6.07, 6.45) is 13.1. The maximum Gasteiger partial charge on any atom is 0.235 e. The minimum Gasteiger partial charge on any atom is -0.362 e. The summed E-state index contributed by atoms with van der Waals surface area (Å²) in [7, 11) is 0. The van der Waals surface area contributed by atoms with E-state index >= 15 is 0 Å². The number of alkyl halides is 2. The molecule has 2 aliphatic heterocycles. The fourth-order valence-electron chi connectivity index (χ4n) is 5.42. The van der Waals surface area contributed by atoms with Crippen molar-refractivity contribution in [3.63, 3.8) is 0 Å². The Morgan fingerprint density at radius 3 is 2.45 bits per heavy atom. The first-order valence-electron chi connectivity index (χ1n) is 11.5. The summed E-state index contributed by atoms with van der Waals surface area (Å²) in [6, 6.07) is 1.24. The molecule has 4 aliphatic rings. The second-order valence-electron chi connectivity index (χ2n) is 8.73. The van der Waals surface area contributed by atoms with E-state index in [4.69, 9.17) is 23.2 Å². The van der Waals surface area contributed by atoms with Crippen LogP contribution in [-0.2, 0) is 0 Å². The molecule has 6 unspecified atom stereocenters. The Hall–Kier alpha value is 0.230. The Morgan fingerprint density at radius 2 is 1.76 bits per heavy atom. The molecular formula is C23H35Cl2N2S2+. The van der Waals surface area contributed by atoms with Gasteiger partial charge in [0.2, 0.25) is 5.04 Å². The number of hydrogen-bond donors (Lipinski definition) is 0. The fraction of sp³-hybridized carbons (Fsp3) is 0.783. The summed E-state index contributed by atoms with van der Waals surface area (Å²) in [6.45, 7) is 9.02. The lowest BCUT2D eigenvalue weighted by Gasteiger charge is -2.33. The van der Waals surface area contributed by atoms with Gasteiger partial charge in [0.25, 0.3) is 0 Å². The SMILES string of the molecule is CCC(=CC1=[N+](CC)C2CC(Cl)CCC2S1)C=C1SC2CCC(Cl)CC2N1CC. The fourth-order valence-corrected chi connectivity index (χ4v) is 9.23. The number of halogens is 2. The van der Waals surface area contributed by atoms with Crippen LogP contribution in [0.1, 0.15) is 65.7 Å². The molecular weight excluding hydrogens is 439 g/mol. The summed E-state index contributed by atoms with van der Waals surface area (Å²) in [5.74, 6) is 0. The van der Waals surface area contributed by atoms with Gasteiger partial charge < -0.3 is 4.90 Å². The highest BCUT2D eigenvalue weighted by Gasteiger charge is 2.45. The van der Waals surface area contributed by atoms with E-state index in [1.807, 2.05) is 0 Å². The molecule has 2 aliphatic carbocycles. The minimum absolute atomic E-state index is 0.351. The number of thioether (sulfide) groups is 2. The van der Waals surface area contributed by atoms with Gasteiger partial charge >= 0.3 is 0 Å². The predicted octanol–water partition coefficient (Wildman–Crippen LogP) is 6.47. The van der Waals surface area contributed by atoms with E-state index in [1.54, 1.807) is 0 Å². The first-order valence-corrected chi connectivity index (χ1v) is 14.1. The third-order valence-corrected chi connectivity index (χ3v) is 10.7. The average molecular weight is 475 g/mol. The molecule has 29 heavy (non-hydrogen) atoms. The maximum atomic E-state index is 6.51. The van der Waals surface area contributed by atoms with E-state index in [-0.39, 0.29) is 0 Å². The highest BCUT2D eigenvalue weighted by Crippen LogP contribution is 2.47. The topological polar surface area (TPSA) is 6.25 Å². The minimum atomic E-state index is 0.351. The second-order valence-corrected chi connectivity index (χ2v) is 12.5. The largest absolute Gasteiger partial charge is 0.362 e. The van der Waals surface area contributed by atoms with Gasteiger partial charge in [-0.3, -0.25) is 0 Å². The quantitative estimate of drug-likeness (QED) is 0.333. The summed E-state index contributed by atoms with van der Waals surface area (Å²) in [5, 5.41) is 5.07. The van der Waals surface area contributed by atoms with Crippen LogP contribution < -0.4 is 0 Å². The third-order valence-electron chi connectivity index (χ3n) is 7.00. The van der Waals surface area contributed by atoms with Crippen molar-refractivity contribution >= 4 is 51.8 Å². The predicted molar refractivity (Wildman–Crippen MR) is 132 cm³/mol. The zero-order valence-corrected chi connectivity index (χ0v) is 21.1. The Bertz CT molecular complexity index is 705. The van der Waals surface area contributed by atoms with E-state index < -0.39 is 0 Å². The van der Waals surface area contributed by atoms with Crippen LogP contribution in [0.25, 0.3) is 0 Å². The van der Waals surface area contributed by atoms with Gasteiger partial charge in [-0.2, -0.15) is 0 Å². The third kappa shape index (κ3) is 4.71. The van der Waals surface area contributed by atoms with Gasteiger partial charge in [-0.1, -0.05) is 6.92 Å². The van der Waals surface area contributed by atoms with Crippen molar-refractivity contribution in [2.45, 2.75) is 99.1 Å². The Balaban J connectivity index is 1.58. The van der Waals surface area contributed by atoms with Gasteiger partial charge in [0, 0.05) is 41.1 Å². The molecule has 0 aromatic heterocycles. The van der Waals surface area contributed by atoms with E-state index in [2.05, 4.69) is 65.9 Å². The zero-order valence-electron chi connectivity index (χ0n) is 17.9. The van der Waals surface area contributed by atoms with Gasteiger partial charge in [0.15, 0.2) is 6.04 Å². The first-order chi connectivity index (χ1) is 14.0. The van der Waals surface area contributed by atoms with Gasteiger partial charge in [-0.25, -0.2) is 4.58 Å². The van der Waals surface area contributed by atoms with Crippen LogP contribution >= 0.6 is 46.7 Å². The molecule has 6 atom stereocenters. The van der Waals surface area contributed by atoms with Crippen LogP contribution in [0.5, 0.6) is 0 Å². The Morgan fingerprint density at radius 1 is 1.03 bits per heavy atom. The Kier molecular flexibility index (Phi) is 7.57. The highest BCUT2D eigenvalue weighted by molar-refractivity contribution is 8.14. The summed E-state index contributed by atoms with van der Waals surface area (Å²) in [5.41, 5.74) is 1.45. The van der Waals surface area contributed by atoms with Crippen molar-refractivity contribution < 1.29 is 4.58 Å². The maximum absolute atomic E-state index is 6.51. The standard InChI is InChI=1S/C23H35Cl2N2S2/c1-4-15(11-22-26(5-2)18-13-16(24)7-9-20(18)28-22)12-23-27(6-3)19-14-17(25)8-10-21(19)29-23/h11-12,16-21H,4-10,13-14H2,1-3H3/q+1. The van der Waals surface area contributed by atoms with Crippen LogP contribution in [0.3, 0.4) is 0 Å². The van der Waals surface area contributed by atoms with Gasteiger partial charge in [-0.15, -0.1) is 35.0 Å². The second kappa shape index (κ2) is 9.79. The van der Waals surface area contributed by atoms with Crippen molar-refractivity contribution in [1.82, 2.24) is 4.90 Å². The van der Waals surface area contributed by atoms with Crippen molar-refractivity contribution in [1.29, 1.82) is 0 Å². The first kappa shape index (κ1) is 22.4. The van der Waals surface area contributed by atoms with Gasteiger partial charge in [0.1, 0.15) is 6.54 Å². The van der Waals surface area contributed by atoms with E-state index in [9.17, 15) is 0 Å². The number of rotatable bonds is 5. The summed E-state index contributed by atoms with van der Waals surface area (Å²) >= 11 is 17.2. The molecule has 0 aromatic rings. The number of nitrogens with zero attached hydrogens (tertiary/aromatic N) is 2. The normalized spacial score (nSPS) is 39.3. The lowest BCUT2D eigenvalue weighted by molar-refractivity contribution is -0.558. The van der Waals surface area contributed by atoms with E-state index in [0.717, 1.165) is 42.9 Å². The Labute approximate surface area is 195 Å². The van der Waals surface area contributed by atoms with E-state index in [0.29, 0.717) is 22.8 Å². The van der Waals surface area contributed by atoms with Crippen molar-refractivity contribution in [2.24, 2.45) is 0 Å². The molecule has 1 saturated heterocycles. The molecule has 0 N–H and O–H groups in total. The van der Waals surface area contributed by atoms with Crippen molar-refractivity contribution in [2.75, 3.05) is 13.1 Å². The van der Waals surface area contributed by atoms with Crippen LogP contribution in [0.2, 0.25) is 0 Å². The molecule has 0 radical (unpaired) electrons. The molecule has 6 heteroatoms. The smallest absolute Gasteiger partial charge is 0.235 e. The number of fused-ring (bicyclic) bond motifs is 2. The molecule has 0 amide bonds. The molecule has 0 spiro atoms. The van der Waals surface area contributed by atoms with Crippen LogP contribution in [0.4, 0.5) is 0 Å². The molecule has 2 heterocycles. The molecule has 3 fully saturated rings. The van der Waals surface area contributed by atoms with Crippen molar-refractivity contribution in [3.8, 4) is 0 Å². The summed E-state index contributed by atoms with van der Waals surface area (Å²) < 4.78 is 2.62.